The lowest BCUT2D eigenvalue weighted by molar-refractivity contribution is -0.119. The molecule has 1 heterocycles. The van der Waals surface area contributed by atoms with Gasteiger partial charge in [-0.25, -0.2) is 0 Å². The highest BCUT2D eigenvalue weighted by atomic mass is 35.5. The number of hydrogen-bond acceptors (Lipinski definition) is 6. The summed E-state index contributed by atoms with van der Waals surface area (Å²) >= 11 is 7.49. The molecule has 0 saturated heterocycles. The first kappa shape index (κ1) is 20.0. The van der Waals surface area contributed by atoms with Crippen molar-refractivity contribution >= 4 is 29.3 Å². The van der Waals surface area contributed by atoms with Crippen molar-refractivity contribution in [2.45, 2.75) is 56.0 Å². The fourth-order valence-electron chi connectivity index (χ4n) is 3.25. The number of thioether (sulfide) groups is 1. The Balaban J connectivity index is 1.39. The second-order valence-electron chi connectivity index (χ2n) is 7.64. The third kappa shape index (κ3) is 4.68. The number of carbonyl (C=O) groups excluding carboxylic acids is 1. The van der Waals surface area contributed by atoms with Crippen molar-refractivity contribution in [1.29, 1.82) is 5.26 Å². The second-order valence-corrected chi connectivity index (χ2v) is 8.99. The predicted octanol–water partition coefficient (Wildman–Crippen LogP) is 3.75. The molecular weight excluding hydrogens is 410 g/mol. The van der Waals surface area contributed by atoms with Crippen LogP contribution in [0.4, 0.5) is 0 Å². The zero-order valence-corrected chi connectivity index (χ0v) is 17.7. The van der Waals surface area contributed by atoms with Gasteiger partial charge in [0.15, 0.2) is 11.0 Å². The van der Waals surface area contributed by atoms with Gasteiger partial charge in [0.05, 0.1) is 16.8 Å². The number of amides is 1. The molecule has 152 valence electrons. The minimum absolute atomic E-state index is 0.162. The SMILES string of the molecule is CC(C#N)(NC(=O)CSc1nnc(COc2ccccc2Cl)n1C1CC1)C1CC1. The van der Waals surface area contributed by atoms with Crippen LogP contribution in [0.1, 0.15) is 44.5 Å². The van der Waals surface area contributed by atoms with Crippen LogP contribution in [0.2, 0.25) is 5.02 Å². The highest BCUT2D eigenvalue weighted by Gasteiger charge is 2.43. The molecule has 1 aromatic heterocycles. The third-order valence-corrected chi connectivity index (χ3v) is 6.45. The summed E-state index contributed by atoms with van der Waals surface area (Å²) in [4.78, 5) is 12.4. The molecule has 1 unspecified atom stereocenters. The Morgan fingerprint density at radius 1 is 1.38 bits per heavy atom. The van der Waals surface area contributed by atoms with Crippen molar-refractivity contribution in [2.75, 3.05) is 5.75 Å². The predicted molar refractivity (Wildman–Crippen MR) is 110 cm³/mol. The van der Waals surface area contributed by atoms with E-state index in [9.17, 15) is 10.1 Å². The molecule has 2 aliphatic rings. The van der Waals surface area contributed by atoms with Gasteiger partial charge in [-0.2, -0.15) is 5.26 Å². The molecule has 2 saturated carbocycles. The second kappa shape index (κ2) is 8.25. The zero-order chi connectivity index (χ0) is 20.4. The molecule has 4 rings (SSSR count). The van der Waals surface area contributed by atoms with Gasteiger partial charge in [-0.1, -0.05) is 35.5 Å². The Hall–Kier alpha value is -2.24. The lowest BCUT2D eigenvalue weighted by atomic mass is 9.98. The first-order valence-electron chi connectivity index (χ1n) is 9.66. The Morgan fingerprint density at radius 2 is 2.14 bits per heavy atom. The maximum absolute atomic E-state index is 12.4. The van der Waals surface area contributed by atoms with E-state index < -0.39 is 5.54 Å². The highest BCUT2D eigenvalue weighted by Crippen LogP contribution is 2.40. The van der Waals surface area contributed by atoms with E-state index in [4.69, 9.17) is 16.3 Å². The maximum atomic E-state index is 12.4. The van der Waals surface area contributed by atoms with E-state index in [1.54, 1.807) is 13.0 Å². The monoisotopic (exact) mass is 431 g/mol. The number of ether oxygens (including phenoxy) is 1. The summed E-state index contributed by atoms with van der Waals surface area (Å²) in [5, 5.41) is 22.1. The number of carbonyl (C=O) groups is 1. The van der Waals surface area contributed by atoms with Crippen LogP contribution in [0.15, 0.2) is 29.4 Å². The van der Waals surface area contributed by atoms with E-state index in [2.05, 4.69) is 26.2 Å². The molecule has 0 spiro atoms. The van der Waals surface area contributed by atoms with Crippen molar-refractivity contribution < 1.29 is 9.53 Å². The molecule has 2 fully saturated rings. The van der Waals surface area contributed by atoms with Gasteiger partial charge in [0.1, 0.15) is 17.9 Å². The highest BCUT2D eigenvalue weighted by molar-refractivity contribution is 7.99. The van der Waals surface area contributed by atoms with Gasteiger partial charge >= 0.3 is 0 Å². The van der Waals surface area contributed by atoms with Crippen molar-refractivity contribution in [3.05, 3.63) is 35.1 Å². The number of nitriles is 1. The van der Waals surface area contributed by atoms with Crippen LogP contribution in [0.5, 0.6) is 5.75 Å². The number of nitrogens with zero attached hydrogens (tertiary/aromatic N) is 4. The fraction of sp³-hybridized carbons (Fsp3) is 0.500. The minimum Gasteiger partial charge on any atom is -0.484 e. The van der Waals surface area contributed by atoms with Crippen molar-refractivity contribution in [1.82, 2.24) is 20.1 Å². The lowest BCUT2D eigenvalue weighted by Crippen LogP contribution is -2.47. The molecular formula is C20H22ClN5O2S. The number of aromatic nitrogens is 3. The smallest absolute Gasteiger partial charge is 0.231 e. The Kier molecular flexibility index (Phi) is 5.70. The van der Waals surface area contributed by atoms with Gasteiger partial charge in [-0.15, -0.1) is 10.2 Å². The van der Waals surface area contributed by atoms with Crippen LogP contribution in [0, 0.1) is 17.2 Å². The standard InChI is InChI=1S/C20H22ClN5O2S/c1-20(12-22,13-6-7-13)23-18(27)11-29-19-25-24-17(26(19)14-8-9-14)10-28-16-5-3-2-4-15(16)21/h2-5,13-14H,6-11H2,1H3,(H,23,27). The lowest BCUT2D eigenvalue weighted by Gasteiger charge is -2.22. The molecule has 2 aliphatic carbocycles. The van der Waals surface area contributed by atoms with E-state index in [1.807, 2.05) is 18.2 Å². The van der Waals surface area contributed by atoms with Crippen molar-refractivity contribution in [3.63, 3.8) is 0 Å². The molecule has 9 heteroatoms. The van der Waals surface area contributed by atoms with Crippen molar-refractivity contribution in [2.24, 2.45) is 5.92 Å². The molecule has 1 amide bonds. The first-order chi connectivity index (χ1) is 14.0. The summed E-state index contributed by atoms with van der Waals surface area (Å²) in [6.07, 6.45) is 4.10. The zero-order valence-electron chi connectivity index (χ0n) is 16.1. The van der Waals surface area contributed by atoms with E-state index in [0.717, 1.165) is 31.5 Å². The number of hydrogen-bond donors (Lipinski definition) is 1. The van der Waals surface area contributed by atoms with Crippen LogP contribution in [-0.2, 0) is 11.4 Å². The summed E-state index contributed by atoms with van der Waals surface area (Å²) in [5.74, 6) is 1.61. The molecule has 7 nitrogen and oxygen atoms in total. The summed E-state index contributed by atoms with van der Waals surface area (Å²) in [5.41, 5.74) is -0.782. The van der Waals surface area contributed by atoms with Gasteiger partial charge < -0.3 is 10.1 Å². The van der Waals surface area contributed by atoms with Gasteiger partial charge in [-0.3, -0.25) is 9.36 Å². The van der Waals surface area contributed by atoms with Crippen LogP contribution in [0.3, 0.4) is 0 Å². The number of rotatable bonds is 9. The quantitative estimate of drug-likeness (QED) is 0.608. The topological polar surface area (TPSA) is 92.8 Å². The molecule has 0 aliphatic heterocycles. The molecule has 2 aromatic rings. The average molecular weight is 432 g/mol. The Morgan fingerprint density at radius 3 is 2.79 bits per heavy atom. The number of nitrogens with one attached hydrogen (secondary N) is 1. The van der Waals surface area contributed by atoms with Crippen LogP contribution >= 0.6 is 23.4 Å². The number of halogens is 1. The van der Waals surface area contributed by atoms with Gasteiger partial charge in [0, 0.05) is 6.04 Å². The normalized spacial score (nSPS) is 18.0. The Labute approximate surface area is 178 Å². The number of benzene rings is 1. The van der Waals surface area contributed by atoms with Gasteiger partial charge in [0.25, 0.3) is 0 Å². The van der Waals surface area contributed by atoms with E-state index in [-0.39, 0.29) is 24.2 Å². The average Bonchev–Trinajstić information content (AvgIpc) is 3.63. The van der Waals surface area contributed by atoms with Crippen LogP contribution < -0.4 is 10.1 Å². The van der Waals surface area contributed by atoms with E-state index in [0.29, 0.717) is 22.0 Å². The van der Waals surface area contributed by atoms with Crippen LogP contribution in [-0.4, -0.2) is 32.0 Å². The molecule has 29 heavy (non-hydrogen) atoms. The van der Waals surface area contributed by atoms with Gasteiger partial charge in [-0.05, 0) is 50.7 Å². The third-order valence-electron chi connectivity index (χ3n) is 5.20. The minimum atomic E-state index is -0.782. The van der Waals surface area contributed by atoms with Crippen LogP contribution in [0.25, 0.3) is 0 Å². The summed E-state index contributed by atoms with van der Waals surface area (Å²) in [6.45, 7) is 2.05. The van der Waals surface area contributed by atoms with Crippen molar-refractivity contribution in [3.8, 4) is 11.8 Å². The molecule has 1 N–H and O–H groups in total. The maximum Gasteiger partial charge on any atom is 0.231 e. The Bertz CT molecular complexity index is 951. The summed E-state index contributed by atoms with van der Waals surface area (Å²) in [7, 11) is 0. The molecule has 0 radical (unpaired) electrons. The summed E-state index contributed by atoms with van der Waals surface area (Å²) in [6, 6.07) is 9.89. The van der Waals surface area contributed by atoms with E-state index in [1.165, 1.54) is 11.8 Å². The van der Waals surface area contributed by atoms with E-state index >= 15 is 0 Å². The summed E-state index contributed by atoms with van der Waals surface area (Å²) < 4.78 is 7.87. The molecule has 1 aromatic carbocycles. The fourth-order valence-corrected chi connectivity index (χ4v) is 4.26. The van der Waals surface area contributed by atoms with Gasteiger partial charge in [0.2, 0.25) is 5.91 Å². The largest absolute Gasteiger partial charge is 0.484 e. The number of para-hydroxylation sites is 1. The molecule has 0 bridgehead atoms. The molecule has 1 atom stereocenters. The first-order valence-corrected chi connectivity index (χ1v) is 11.0.